The van der Waals surface area contributed by atoms with Crippen LogP contribution in [0.5, 0.6) is 0 Å². The summed E-state index contributed by atoms with van der Waals surface area (Å²) < 4.78 is 23.8. The average Bonchev–Trinajstić information content (AvgIpc) is 2.75. The lowest BCUT2D eigenvalue weighted by molar-refractivity contribution is 0.360. The lowest BCUT2D eigenvalue weighted by Crippen LogP contribution is -2.26. The highest BCUT2D eigenvalue weighted by atomic mass is 32.2. The lowest BCUT2D eigenvalue weighted by atomic mass is 9.90. The molecule has 0 aliphatic heterocycles. The van der Waals surface area contributed by atoms with E-state index in [-0.39, 0.29) is 11.8 Å². The number of hydrogen-bond acceptors (Lipinski definition) is 3. The molecule has 2 saturated carbocycles. The molecular weight excluding hydrogens is 222 g/mol. The number of nitrogens with two attached hydrogens (primary N) is 1. The van der Waals surface area contributed by atoms with E-state index in [0.29, 0.717) is 24.0 Å². The quantitative estimate of drug-likeness (QED) is 0.800. The van der Waals surface area contributed by atoms with Crippen molar-refractivity contribution in [3.05, 3.63) is 0 Å². The van der Waals surface area contributed by atoms with Gasteiger partial charge in [-0.15, -0.1) is 0 Å². The molecule has 0 radical (unpaired) electrons. The number of sulfone groups is 1. The Balaban J connectivity index is 1.84. The van der Waals surface area contributed by atoms with Gasteiger partial charge in [0.2, 0.25) is 0 Å². The van der Waals surface area contributed by atoms with E-state index in [2.05, 4.69) is 0 Å². The first-order chi connectivity index (χ1) is 7.46. The topological polar surface area (TPSA) is 60.2 Å². The van der Waals surface area contributed by atoms with Crippen molar-refractivity contribution < 1.29 is 8.42 Å². The fraction of sp³-hybridized carbons (Fsp3) is 1.00. The monoisotopic (exact) mass is 245 g/mol. The molecule has 3 nitrogen and oxygen atoms in total. The van der Waals surface area contributed by atoms with Crippen LogP contribution in [0.1, 0.15) is 39.0 Å². The molecule has 2 bridgehead atoms. The minimum absolute atomic E-state index is 0.00481. The summed E-state index contributed by atoms with van der Waals surface area (Å²) in [6.07, 6.45) is 5.64. The average molecular weight is 245 g/mol. The largest absolute Gasteiger partial charge is 0.328 e. The standard InChI is InChI=1S/C12H23NO2S/c1-9(13)4-5-16(14,15)8-12-7-10-2-3-11(12)6-10/h9-12H,2-8,13H2,1H3. The van der Waals surface area contributed by atoms with Crippen LogP contribution in [0.15, 0.2) is 0 Å². The van der Waals surface area contributed by atoms with Crippen molar-refractivity contribution in [3.63, 3.8) is 0 Å². The zero-order valence-electron chi connectivity index (χ0n) is 10.1. The van der Waals surface area contributed by atoms with E-state index in [9.17, 15) is 8.42 Å². The molecule has 0 aromatic carbocycles. The molecule has 2 aliphatic carbocycles. The van der Waals surface area contributed by atoms with Gasteiger partial charge in [-0.3, -0.25) is 0 Å². The molecule has 2 rings (SSSR count). The Morgan fingerprint density at radius 3 is 2.56 bits per heavy atom. The number of hydrogen-bond donors (Lipinski definition) is 1. The van der Waals surface area contributed by atoms with E-state index in [4.69, 9.17) is 5.73 Å². The Morgan fingerprint density at radius 1 is 1.31 bits per heavy atom. The van der Waals surface area contributed by atoms with E-state index in [0.717, 1.165) is 12.3 Å². The van der Waals surface area contributed by atoms with Gasteiger partial charge in [0.05, 0.1) is 11.5 Å². The lowest BCUT2D eigenvalue weighted by Gasteiger charge is -2.21. The van der Waals surface area contributed by atoms with E-state index in [1.54, 1.807) is 0 Å². The van der Waals surface area contributed by atoms with E-state index >= 15 is 0 Å². The second kappa shape index (κ2) is 4.65. The smallest absolute Gasteiger partial charge is 0.150 e. The van der Waals surface area contributed by atoms with Crippen molar-refractivity contribution in [2.24, 2.45) is 23.5 Å². The summed E-state index contributed by atoms with van der Waals surface area (Å²) in [6, 6.07) is -0.00481. The third-order valence-electron chi connectivity index (χ3n) is 4.24. The van der Waals surface area contributed by atoms with Crippen LogP contribution in [0.25, 0.3) is 0 Å². The van der Waals surface area contributed by atoms with Crippen LogP contribution in [0.4, 0.5) is 0 Å². The molecule has 0 spiro atoms. The highest BCUT2D eigenvalue weighted by Gasteiger charge is 2.41. The van der Waals surface area contributed by atoms with Crippen LogP contribution >= 0.6 is 0 Å². The van der Waals surface area contributed by atoms with Gasteiger partial charge in [-0.25, -0.2) is 8.42 Å². The Kier molecular flexibility index (Phi) is 3.59. The molecule has 4 unspecified atom stereocenters. The summed E-state index contributed by atoms with van der Waals surface area (Å²) in [5, 5.41) is 0. The minimum atomic E-state index is -2.86. The van der Waals surface area contributed by atoms with Crippen LogP contribution in [0, 0.1) is 17.8 Å². The maximum Gasteiger partial charge on any atom is 0.150 e. The van der Waals surface area contributed by atoms with Gasteiger partial charge in [0.25, 0.3) is 0 Å². The van der Waals surface area contributed by atoms with Gasteiger partial charge in [0.15, 0.2) is 9.84 Å². The maximum absolute atomic E-state index is 11.9. The van der Waals surface area contributed by atoms with Crippen molar-refractivity contribution in [3.8, 4) is 0 Å². The fourth-order valence-electron chi connectivity index (χ4n) is 3.36. The number of rotatable bonds is 5. The molecule has 0 saturated heterocycles. The van der Waals surface area contributed by atoms with Gasteiger partial charge in [-0.05, 0) is 50.4 Å². The van der Waals surface area contributed by atoms with Gasteiger partial charge < -0.3 is 5.73 Å². The van der Waals surface area contributed by atoms with Crippen molar-refractivity contribution in [1.82, 2.24) is 0 Å². The Morgan fingerprint density at radius 2 is 2.06 bits per heavy atom. The molecule has 4 heteroatoms. The normalized spacial score (nSPS) is 35.5. The van der Waals surface area contributed by atoms with Crippen LogP contribution in [0.3, 0.4) is 0 Å². The summed E-state index contributed by atoms with van der Waals surface area (Å²) in [5.41, 5.74) is 5.60. The van der Waals surface area contributed by atoms with Crippen molar-refractivity contribution in [2.45, 2.75) is 45.1 Å². The van der Waals surface area contributed by atoms with Crippen molar-refractivity contribution in [1.29, 1.82) is 0 Å². The minimum Gasteiger partial charge on any atom is -0.328 e. The second-order valence-electron chi connectivity index (χ2n) is 5.82. The first kappa shape index (κ1) is 12.4. The summed E-state index contributed by atoms with van der Waals surface area (Å²) in [4.78, 5) is 0. The van der Waals surface area contributed by atoms with E-state index < -0.39 is 9.84 Å². The molecule has 2 N–H and O–H groups in total. The zero-order valence-corrected chi connectivity index (χ0v) is 10.9. The predicted molar refractivity (Wildman–Crippen MR) is 65.9 cm³/mol. The molecule has 16 heavy (non-hydrogen) atoms. The SMILES string of the molecule is CC(N)CCS(=O)(=O)CC1CC2CCC1C2. The van der Waals surface area contributed by atoms with E-state index in [1.807, 2.05) is 6.92 Å². The fourth-order valence-corrected chi connectivity index (χ4v) is 5.31. The van der Waals surface area contributed by atoms with Crippen LogP contribution in [-0.4, -0.2) is 26.0 Å². The molecular formula is C12H23NO2S. The molecule has 4 atom stereocenters. The second-order valence-corrected chi connectivity index (χ2v) is 8.04. The molecule has 94 valence electrons. The molecule has 0 aromatic rings. The zero-order chi connectivity index (χ0) is 11.8. The van der Waals surface area contributed by atoms with Crippen LogP contribution in [0.2, 0.25) is 0 Å². The van der Waals surface area contributed by atoms with Gasteiger partial charge in [-0.2, -0.15) is 0 Å². The van der Waals surface area contributed by atoms with Gasteiger partial charge >= 0.3 is 0 Å². The van der Waals surface area contributed by atoms with Crippen LogP contribution < -0.4 is 5.73 Å². The maximum atomic E-state index is 11.9. The van der Waals surface area contributed by atoms with Crippen molar-refractivity contribution >= 4 is 9.84 Å². The van der Waals surface area contributed by atoms with Crippen LogP contribution in [-0.2, 0) is 9.84 Å². The van der Waals surface area contributed by atoms with Gasteiger partial charge in [-0.1, -0.05) is 6.42 Å². The predicted octanol–water partition coefficient (Wildman–Crippen LogP) is 1.57. The molecule has 0 heterocycles. The summed E-state index contributed by atoms with van der Waals surface area (Å²) in [6.45, 7) is 1.87. The molecule has 2 fully saturated rings. The first-order valence-electron chi connectivity index (χ1n) is 6.42. The molecule has 2 aliphatic rings. The third-order valence-corrected chi connectivity index (χ3v) is 6.03. The molecule has 0 aromatic heterocycles. The highest BCUT2D eigenvalue weighted by Crippen LogP contribution is 2.48. The van der Waals surface area contributed by atoms with Gasteiger partial charge in [0.1, 0.15) is 0 Å². The third kappa shape index (κ3) is 2.98. The van der Waals surface area contributed by atoms with Crippen molar-refractivity contribution in [2.75, 3.05) is 11.5 Å². The number of fused-ring (bicyclic) bond motifs is 2. The van der Waals surface area contributed by atoms with E-state index in [1.165, 1.54) is 19.3 Å². The Hall–Kier alpha value is -0.0900. The summed E-state index contributed by atoms with van der Waals surface area (Å²) in [7, 11) is -2.86. The highest BCUT2D eigenvalue weighted by molar-refractivity contribution is 7.91. The Bertz CT molecular complexity index is 337. The first-order valence-corrected chi connectivity index (χ1v) is 8.24. The van der Waals surface area contributed by atoms with Gasteiger partial charge in [0, 0.05) is 6.04 Å². The molecule has 0 amide bonds. The summed E-state index contributed by atoms with van der Waals surface area (Å²) >= 11 is 0. The Labute approximate surface area is 98.7 Å². The summed E-state index contributed by atoms with van der Waals surface area (Å²) in [5.74, 6) is 2.69.